The van der Waals surface area contributed by atoms with Crippen molar-refractivity contribution in [2.24, 2.45) is 0 Å². The third-order valence-corrected chi connectivity index (χ3v) is 3.98. The smallest absolute Gasteiger partial charge is 0.145 e. The molecular weight excluding hydrogens is 262 g/mol. The topological polar surface area (TPSA) is 63.9 Å². The molecule has 1 aromatic carbocycles. The Morgan fingerprint density at radius 3 is 2.84 bits per heavy atom. The van der Waals surface area contributed by atoms with Crippen molar-refractivity contribution < 1.29 is 4.74 Å². The van der Waals surface area contributed by atoms with Gasteiger partial charge in [0.25, 0.3) is 0 Å². The Kier molecular flexibility index (Phi) is 3.11. The highest BCUT2D eigenvalue weighted by Crippen LogP contribution is 2.44. The van der Waals surface area contributed by atoms with Crippen LogP contribution in [-0.4, -0.2) is 17.3 Å². The van der Waals surface area contributed by atoms with Gasteiger partial charge >= 0.3 is 0 Å². The van der Waals surface area contributed by atoms with Gasteiger partial charge in [-0.15, -0.1) is 0 Å². The molecule has 1 aliphatic rings. The van der Waals surface area contributed by atoms with Gasteiger partial charge in [-0.2, -0.15) is 5.10 Å². The third kappa shape index (κ3) is 1.96. The number of aromatic amines is 1. The molecule has 3 rings (SSSR count). The van der Waals surface area contributed by atoms with Gasteiger partial charge in [0, 0.05) is 11.1 Å². The molecule has 0 aliphatic heterocycles. The van der Waals surface area contributed by atoms with Crippen LogP contribution < -0.4 is 10.5 Å². The van der Waals surface area contributed by atoms with E-state index in [1.165, 1.54) is 24.0 Å². The molecular formula is C14H16ClN3O. The molecule has 0 saturated carbocycles. The number of hydrogen-bond acceptors (Lipinski definition) is 3. The minimum atomic E-state index is 0.549. The van der Waals surface area contributed by atoms with E-state index in [-0.39, 0.29) is 0 Å². The number of rotatable bonds is 2. The molecule has 3 N–H and O–H groups in total. The lowest BCUT2D eigenvalue weighted by atomic mass is 9.86. The summed E-state index contributed by atoms with van der Waals surface area (Å²) < 4.78 is 5.49. The van der Waals surface area contributed by atoms with Crippen molar-refractivity contribution in [1.82, 2.24) is 10.2 Å². The van der Waals surface area contributed by atoms with Gasteiger partial charge in [-0.05, 0) is 42.9 Å². The van der Waals surface area contributed by atoms with E-state index in [0.717, 1.165) is 24.0 Å². The number of methoxy groups -OCH3 is 1. The zero-order valence-corrected chi connectivity index (χ0v) is 11.5. The van der Waals surface area contributed by atoms with Crippen molar-refractivity contribution in [3.63, 3.8) is 0 Å². The molecule has 0 atom stereocenters. The van der Waals surface area contributed by atoms with E-state index in [9.17, 15) is 0 Å². The van der Waals surface area contributed by atoms with Gasteiger partial charge in [-0.3, -0.25) is 5.10 Å². The molecule has 0 spiro atoms. The largest absolute Gasteiger partial charge is 0.495 e. The summed E-state index contributed by atoms with van der Waals surface area (Å²) in [6.45, 7) is 0. The van der Waals surface area contributed by atoms with Gasteiger partial charge in [0.15, 0.2) is 0 Å². The quantitative estimate of drug-likeness (QED) is 0.886. The molecule has 2 aromatic rings. The summed E-state index contributed by atoms with van der Waals surface area (Å²) in [5.41, 5.74) is 10.4. The minimum absolute atomic E-state index is 0.549. The van der Waals surface area contributed by atoms with Crippen molar-refractivity contribution in [2.75, 3.05) is 12.8 Å². The molecule has 1 aliphatic carbocycles. The number of nitrogen functional groups attached to an aromatic ring is 1. The predicted octanol–water partition coefficient (Wildman–Crippen LogP) is 3.20. The highest BCUT2D eigenvalue weighted by molar-refractivity contribution is 6.32. The fraction of sp³-hybridized carbons (Fsp3) is 0.357. The van der Waals surface area contributed by atoms with Gasteiger partial charge < -0.3 is 10.5 Å². The summed E-state index contributed by atoms with van der Waals surface area (Å²) in [4.78, 5) is 0. The average molecular weight is 278 g/mol. The second-order valence-electron chi connectivity index (χ2n) is 4.81. The maximum absolute atomic E-state index is 6.34. The first-order chi connectivity index (χ1) is 9.22. The van der Waals surface area contributed by atoms with Crippen LogP contribution in [0.5, 0.6) is 5.75 Å². The Labute approximate surface area is 116 Å². The molecule has 0 saturated heterocycles. The molecule has 0 fully saturated rings. The summed E-state index contributed by atoms with van der Waals surface area (Å²) in [6, 6.07) is 2.02. The SMILES string of the molecule is COc1c(Cl)cc2c(c1-c1cn[nH]c1N)CCCC2. The lowest BCUT2D eigenvalue weighted by molar-refractivity contribution is 0.415. The van der Waals surface area contributed by atoms with Gasteiger partial charge in [0.1, 0.15) is 11.6 Å². The minimum Gasteiger partial charge on any atom is -0.495 e. The van der Waals surface area contributed by atoms with Crippen LogP contribution in [0.3, 0.4) is 0 Å². The van der Waals surface area contributed by atoms with Crippen molar-refractivity contribution in [2.45, 2.75) is 25.7 Å². The number of halogens is 1. The second kappa shape index (κ2) is 4.78. The average Bonchev–Trinajstić information content (AvgIpc) is 2.83. The van der Waals surface area contributed by atoms with Gasteiger partial charge in [0.2, 0.25) is 0 Å². The van der Waals surface area contributed by atoms with Crippen LogP contribution in [0, 0.1) is 0 Å². The number of H-pyrrole nitrogens is 1. The maximum Gasteiger partial charge on any atom is 0.145 e. The molecule has 100 valence electrons. The third-order valence-electron chi connectivity index (χ3n) is 3.70. The predicted molar refractivity (Wildman–Crippen MR) is 76.6 cm³/mol. The van der Waals surface area contributed by atoms with Crippen LogP contribution in [-0.2, 0) is 12.8 Å². The highest BCUT2D eigenvalue weighted by atomic mass is 35.5. The first-order valence-electron chi connectivity index (χ1n) is 6.39. The maximum atomic E-state index is 6.34. The van der Waals surface area contributed by atoms with Gasteiger partial charge in [-0.25, -0.2) is 0 Å². The molecule has 5 heteroatoms. The van der Waals surface area contributed by atoms with Crippen LogP contribution in [0.2, 0.25) is 5.02 Å². The number of nitrogens with one attached hydrogen (secondary N) is 1. The zero-order chi connectivity index (χ0) is 13.4. The van der Waals surface area contributed by atoms with E-state index >= 15 is 0 Å². The van der Waals surface area contributed by atoms with Crippen molar-refractivity contribution in [3.05, 3.63) is 28.4 Å². The van der Waals surface area contributed by atoms with E-state index in [1.807, 2.05) is 6.07 Å². The summed E-state index contributed by atoms with van der Waals surface area (Å²) in [5, 5.41) is 7.42. The van der Waals surface area contributed by atoms with E-state index in [0.29, 0.717) is 16.6 Å². The Balaban J connectivity index is 2.31. The van der Waals surface area contributed by atoms with Gasteiger partial charge in [-0.1, -0.05) is 11.6 Å². The highest BCUT2D eigenvalue weighted by Gasteiger charge is 2.23. The van der Waals surface area contributed by atoms with Crippen molar-refractivity contribution in [3.8, 4) is 16.9 Å². The molecule has 4 nitrogen and oxygen atoms in total. The standard InChI is InChI=1S/C14H16ClN3O/c1-19-13-11(15)6-8-4-2-3-5-9(8)12(13)10-7-17-18-14(10)16/h6-7H,2-5H2,1H3,(H3,16,17,18). The number of aryl methyl sites for hydroxylation is 1. The van der Waals surface area contributed by atoms with E-state index in [1.54, 1.807) is 13.3 Å². The number of nitrogens with zero attached hydrogens (tertiary/aromatic N) is 1. The number of benzene rings is 1. The lowest BCUT2D eigenvalue weighted by Crippen LogP contribution is -2.07. The molecule has 0 unspecified atom stereocenters. The molecule has 1 aromatic heterocycles. The summed E-state index contributed by atoms with van der Waals surface area (Å²) >= 11 is 6.34. The number of hydrogen-bond donors (Lipinski definition) is 2. The summed E-state index contributed by atoms with van der Waals surface area (Å²) in [5.74, 6) is 1.24. The van der Waals surface area contributed by atoms with Crippen LogP contribution >= 0.6 is 11.6 Å². The Bertz CT molecular complexity index is 621. The van der Waals surface area contributed by atoms with E-state index in [4.69, 9.17) is 22.1 Å². The van der Waals surface area contributed by atoms with Crippen LogP contribution in [0.1, 0.15) is 24.0 Å². The van der Waals surface area contributed by atoms with Crippen LogP contribution in [0.15, 0.2) is 12.3 Å². The van der Waals surface area contributed by atoms with Gasteiger partial charge in [0.05, 0.1) is 18.3 Å². The first kappa shape index (κ1) is 12.4. The van der Waals surface area contributed by atoms with Crippen molar-refractivity contribution in [1.29, 1.82) is 0 Å². The Hall–Kier alpha value is -1.68. The van der Waals surface area contributed by atoms with E-state index < -0.39 is 0 Å². The second-order valence-corrected chi connectivity index (χ2v) is 5.22. The summed E-state index contributed by atoms with van der Waals surface area (Å²) in [7, 11) is 1.64. The number of anilines is 1. The molecule has 0 bridgehead atoms. The normalized spacial score (nSPS) is 14.2. The van der Waals surface area contributed by atoms with Crippen LogP contribution in [0.25, 0.3) is 11.1 Å². The number of fused-ring (bicyclic) bond motifs is 1. The summed E-state index contributed by atoms with van der Waals surface area (Å²) in [6.07, 6.45) is 6.21. The number of nitrogens with two attached hydrogens (primary N) is 1. The number of aromatic nitrogens is 2. The zero-order valence-electron chi connectivity index (χ0n) is 10.8. The monoisotopic (exact) mass is 277 g/mol. The molecule has 1 heterocycles. The lowest BCUT2D eigenvalue weighted by Gasteiger charge is -2.22. The van der Waals surface area contributed by atoms with Crippen LogP contribution in [0.4, 0.5) is 5.82 Å². The molecule has 19 heavy (non-hydrogen) atoms. The molecule has 0 amide bonds. The van der Waals surface area contributed by atoms with E-state index in [2.05, 4.69) is 10.2 Å². The Morgan fingerprint density at radius 2 is 2.16 bits per heavy atom. The number of ether oxygens (including phenoxy) is 1. The van der Waals surface area contributed by atoms with Crippen molar-refractivity contribution >= 4 is 17.4 Å². The first-order valence-corrected chi connectivity index (χ1v) is 6.77. The fourth-order valence-corrected chi connectivity index (χ4v) is 3.13. The Morgan fingerprint density at radius 1 is 1.37 bits per heavy atom. The fourth-order valence-electron chi connectivity index (χ4n) is 2.83. The molecule has 0 radical (unpaired) electrons.